The summed E-state index contributed by atoms with van der Waals surface area (Å²) in [6.07, 6.45) is 1.07. The minimum atomic E-state index is 0.539. The van der Waals surface area contributed by atoms with Crippen LogP contribution in [0, 0.1) is 0 Å². The molecule has 1 saturated heterocycles. The maximum absolute atomic E-state index is 5.86. The van der Waals surface area contributed by atoms with Gasteiger partial charge in [-0.1, -0.05) is 0 Å². The number of ether oxygens (including phenoxy) is 1. The first kappa shape index (κ1) is 9.78. The molecule has 0 aliphatic carbocycles. The maximum atomic E-state index is 5.86. The molecule has 1 fully saturated rings. The summed E-state index contributed by atoms with van der Waals surface area (Å²) in [4.78, 5) is 2.43. The van der Waals surface area contributed by atoms with Crippen molar-refractivity contribution >= 4 is 11.4 Å². The molecule has 0 saturated carbocycles. The van der Waals surface area contributed by atoms with Crippen LogP contribution in [0.25, 0.3) is 0 Å². The van der Waals surface area contributed by atoms with Crippen LogP contribution >= 0.6 is 0 Å². The van der Waals surface area contributed by atoms with Gasteiger partial charge in [-0.25, -0.2) is 0 Å². The molecule has 4 heteroatoms. The quantitative estimate of drug-likeness (QED) is 0.635. The van der Waals surface area contributed by atoms with Crippen molar-refractivity contribution in [3.63, 3.8) is 0 Å². The zero-order valence-corrected chi connectivity index (χ0v) is 9.28. The van der Waals surface area contributed by atoms with Crippen LogP contribution in [-0.4, -0.2) is 32.3 Å². The van der Waals surface area contributed by atoms with Crippen LogP contribution in [0.2, 0.25) is 0 Å². The third kappa shape index (κ3) is 1.59. The largest absolute Gasteiger partial charge is 0.491 e. The summed E-state index contributed by atoms with van der Waals surface area (Å²) >= 11 is 0. The van der Waals surface area contributed by atoms with Gasteiger partial charge in [-0.3, -0.25) is 0 Å². The lowest BCUT2D eigenvalue weighted by Crippen LogP contribution is -2.51. The Labute approximate surface area is 95.4 Å². The average molecular weight is 219 g/mol. The molecule has 0 bridgehead atoms. The first-order valence-corrected chi connectivity index (χ1v) is 5.84. The van der Waals surface area contributed by atoms with Gasteiger partial charge in [-0.05, 0) is 18.2 Å². The van der Waals surface area contributed by atoms with Crippen molar-refractivity contribution in [1.82, 2.24) is 5.32 Å². The van der Waals surface area contributed by atoms with Crippen molar-refractivity contribution in [3.8, 4) is 5.75 Å². The second kappa shape index (κ2) is 3.87. The van der Waals surface area contributed by atoms with Gasteiger partial charge in [0.2, 0.25) is 0 Å². The highest BCUT2D eigenvalue weighted by atomic mass is 16.5. The van der Waals surface area contributed by atoms with Gasteiger partial charge in [-0.2, -0.15) is 0 Å². The predicted molar refractivity (Wildman–Crippen MR) is 65.0 cm³/mol. The van der Waals surface area contributed by atoms with Crippen molar-refractivity contribution in [2.24, 2.45) is 0 Å². The van der Waals surface area contributed by atoms with E-state index in [0.29, 0.717) is 6.04 Å². The Bertz CT molecular complexity index is 394. The van der Waals surface area contributed by atoms with Crippen LogP contribution in [0.15, 0.2) is 18.2 Å². The van der Waals surface area contributed by atoms with Crippen LogP contribution < -0.4 is 20.7 Å². The molecule has 86 valence electrons. The molecule has 0 aromatic heterocycles. The number of fused-ring (bicyclic) bond motifs is 3. The molecule has 2 aliphatic heterocycles. The van der Waals surface area contributed by atoms with Crippen molar-refractivity contribution < 1.29 is 4.74 Å². The molecule has 16 heavy (non-hydrogen) atoms. The summed E-state index contributed by atoms with van der Waals surface area (Å²) < 4.78 is 5.77. The van der Waals surface area contributed by atoms with Crippen molar-refractivity contribution in [2.45, 2.75) is 12.5 Å². The molecule has 0 radical (unpaired) electrons. The van der Waals surface area contributed by atoms with Crippen LogP contribution in [0.5, 0.6) is 5.75 Å². The lowest BCUT2D eigenvalue weighted by molar-refractivity contribution is 0.304. The van der Waals surface area contributed by atoms with Crippen molar-refractivity contribution in [2.75, 3.05) is 36.9 Å². The van der Waals surface area contributed by atoms with Gasteiger partial charge in [-0.15, -0.1) is 0 Å². The van der Waals surface area contributed by atoms with Crippen molar-refractivity contribution in [1.29, 1.82) is 0 Å². The highest BCUT2D eigenvalue weighted by Gasteiger charge is 2.27. The van der Waals surface area contributed by atoms with Gasteiger partial charge in [0.25, 0.3) is 0 Å². The molecule has 1 atom stereocenters. The van der Waals surface area contributed by atoms with E-state index < -0.39 is 0 Å². The maximum Gasteiger partial charge on any atom is 0.142 e. The van der Waals surface area contributed by atoms with E-state index in [0.717, 1.165) is 49.8 Å². The molecule has 4 nitrogen and oxygen atoms in total. The van der Waals surface area contributed by atoms with E-state index in [1.165, 1.54) is 0 Å². The fourth-order valence-corrected chi connectivity index (χ4v) is 2.52. The molecule has 1 aromatic rings. The number of rotatable bonds is 0. The number of anilines is 2. The topological polar surface area (TPSA) is 50.5 Å². The molecular weight excluding hydrogens is 202 g/mol. The highest BCUT2D eigenvalue weighted by Crippen LogP contribution is 2.35. The molecule has 0 amide bonds. The molecule has 1 aromatic carbocycles. The van der Waals surface area contributed by atoms with Crippen LogP contribution in [0.3, 0.4) is 0 Å². The van der Waals surface area contributed by atoms with E-state index in [4.69, 9.17) is 10.5 Å². The van der Waals surface area contributed by atoms with E-state index >= 15 is 0 Å². The minimum Gasteiger partial charge on any atom is -0.491 e. The first-order chi connectivity index (χ1) is 7.84. The Kier molecular flexibility index (Phi) is 2.36. The molecule has 2 heterocycles. The summed E-state index contributed by atoms with van der Waals surface area (Å²) in [5.41, 5.74) is 7.82. The Balaban J connectivity index is 2.02. The summed E-state index contributed by atoms with van der Waals surface area (Å²) in [5.74, 6) is 0.971. The fraction of sp³-hybridized carbons (Fsp3) is 0.500. The number of hydrogen-bond donors (Lipinski definition) is 2. The zero-order chi connectivity index (χ0) is 11.0. The lowest BCUT2D eigenvalue weighted by atomic mass is 10.1. The number of nitrogens with zero attached hydrogens (tertiary/aromatic N) is 1. The second-order valence-electron chi connectivity index (χ2n) is 4.42. The fourth-order valence-electron chi connectivity index (χ4n) is 2.52. The lowest BCUT2D eigenvalue weighted by Gasteiger charge is -2.36. The summed E-state index contributed by atoms with van der Waals surface area (Å²) in [5, 5.41) is 3.43. The summed E-state index contributed by atoms with van der Waals surface area (Å²) in [6.45, 7) is 3.90. The molecule has 2 aliphatic rings. The third-order valence-electron chi connectivity index (χ3n) is 3.35. The van der Waals surface area contributed by atoms with Gasteiger partial charge in [0.1, 0.15) is 5.75 Å². The Morgan fingerprint density at radius 2 is 2.38 bits per heavy atom. The number of benzene rings is 1. The standard InChI is InChI=1S/C12H17N3O/c13-9-1-2-12-11(7-9)15-5-4-14-8-10(15)3-6-16-12/h1-2,7,10,14H,3-6,8,13H2/t10-/m0/s1. The van der Waals surface area contributed by atoms with Crippen LogP contribution in [0.1, 0.15) is 6.42 Å². The van der Waals surface area contributed by atoms with E-state index in [1.54, 1.807) is 0 Å². The second-order valence-corrected chi connectivity index (χ2v) is 4.42. The van der Waals surface area contributed by atoms with E-state index in [1.807, 2.05) is 18.2 Å². The number of nitrogen functional groups attached to an aromatic ring is 1. The smallest absolute Gasteiger partial charge is 0.142 e. The van der Waals surface area contributed by atoms with E-state index in [-0.39, 0.29) is 0 Å². The van der Waals surface area contributed by atoms with Gasteiger partial charge in [0, 0.05) is 37.8 Å². The predicted octanol–water partition coefficient (Wildman–Crippen LogP) is 0.829. The normalized spacial score (nSPS) is 24.0. The molecule has 3 rings (SSSR count). The minimum absolute atomic E-state index is 0.539. The van der Waals surface area contributed by atoms with Crippen molar-refractivity contribution in [3.05, 3.63) is 18.2 Å². The van der Waals surface area contributed by atoms with Gasteiger partial charge < -0.3 is 20.7 Å². The zero-order valence-electron chi connectivity index (χ0n) is 9.28. The third-order valence-corrected chi connectivity index (χ3v) is 3.35. The van der Waals surface area contributed by atoms with E-state index in [9.17, 15) is 0 Å². The van der Waals surface area contributed by atoms with Gasteiger partial charge >= 0.3 is 0 Å². The number of nitrogens with two attached hydrogens (primary N) is 1. The monoisotopic (exact) mass is 219 g/mol. The Hall–Kier alpha value is -1.42. The summed E-state index contributed by atoms with van der Waals surface area (Å²) in [6, 6.07) is 6.45. The highest BCUT2D eigenvalue weighted by molar-refractivity contribution is 5.66. The van der Waals surface area contributed by atoms with Crippen LogP contribution in [-0.2, 0) is 0 Å². The molecule has 0 spiro atoms. The average Bonchev–Trinajstić information content (AvgIpc) is 2.48. The molecule has 3 N–H and O–H groups in total. The molecule has 0 unspecified atom stereocenters. The number of nitrogens with one attached hydrogen (secondary N) is 1. The number of piperazine rings is 1. The van der Waals surface area contributed by atoms with Gasteiger partial charge in [0.15, 0.2) is 0 Å². The Morgan fingerprint density at radius 3 is 3.31 bits per heavy atom. The summed E-state index contributed by atoms with van der Waals surface area (Å²) in [7, 11) is 0. The van der Waals surface area contributed by atoms with Crippen LogP contribution in [0.4, 0.5) is 11.4 Å². The number of hydrogen-bond acceptors (Lipinski definition) is 4. The SMILES string of the molecule is Nc1ccc2c(c1)N1CCNC[C@@H]1CCO2. The first-order valence-electron chi connectivity index (χ1n) is 5.84. The van der Waals surface area contributed by atoms with Gasteiger partial charge in [0.05, 0.1) is 12.3 Å². The Morgan fingerprint density at radius 1 is 1.44 bits per heavy atom. The van der Waals surface area contributed by atoms with E-state index in [2.05, 4.69) is 10.2 Å². The molecular formula is C12H17N3O.